The number of hydrogen-bond donors (Lipinski definition) is 0. The lowest BCUT2D eigenvalue weighted by molar-refractivity contribution is -0.940. The number of ether oxygens (including phenoxy) is 10. The molecule has 0 spiro atoms. The molecule has 2 heterocycles. The summed E-state index contributed by atoms with van der Waals surface area (Å²) >= 11 is 0. The van der Waals surface area contributed by atoms with Crippen molar-refractivity contribution in [2.45, 2.75) is 69.9 Å². The van der Waals surface area contributed by atoms with Crippen LogP contribution in [0.3, 0.4) is 0 Å². The van der Waals surface area contributed by atoms with Gasteiger partial charge in [0.1, 0.15) is 12.1 Å². The maximum atomic E-state index is 13.2. The Morgan fingerprint density at radius 2 is 0.806 bits per heavy atom. The molecule has 0 fully saturated rings. The summed E-state index contributed by atoms with van der Waals surface area (Å²) in [6, 6.07) is 20.5. The predicted molar refractivity (Wildman–Crippen MR) is 255 cm³/mol. The SMILES string of the molecule is COc1ccc(C[C@@H]2c3cc(OC)c(OC)cc3CC[N@@+]2(C)CCC(=O)OCCCCCOC(=O)CC[N@+]2(C)CCc3cc(OC)c(OC)cc3[C@H]2Cc2ccc(OC)c(OC)c2)cc1OC. The normalized spacial score (nSPS) is 19.6. The van der Waals surface area contributed by atoms with Gasteiger partial charge in [0.05, 0.1) is 123 Å². The first-order valence-electron chi connectivity index (χ1n) is 23.3. The molecule has 0 unspecified atom stereocenters. The highest BCUT2D eigenvalue weighted by molar-refractivity contribution is 5.69. The van der Waals surface area contributed by atoms with E-state index in [1.165, 1.54) is 22.3 Å². The van der Waals surface area contributed by atoms with Crippen LogP contribution in [-0.4, -0.2) is 131 Å². The number of unbranched alkanes of at least 4 members (excludes halogenated alkanes) is 2. The quantitative estimate of drug-likeness (QED) is 0.0383. The Kier molecular flexibility index (Phi) is 17.5. The summed E-state index contributed by atoms with van der Waals surface area (Å²) in [4.78, 5) is 26.4. The average molecular weight is 929 g/mol. The van der Waals surface area contributed by atoms with Gasteiger partial charge in [-0.15, -0.1) is 0 Å². The van der Waals surface area contributed by atoms with Gasteiger partial charge in [0.2, 0.25) is 0 Å². The van der Waals surface area contributed by atoms with E-state index in [-0.39, 0.29) is 24.0 Å². The van der Waals surface area contributed by atoms with Gasteiger partial charge in [0, 0.05) is 36.8 Å². The van der Waals surface area contributed by atoms with Crippen molar-refractivity contribution in [1.82, 2.24) is 0 Å². The second kappa shape index (κ2) is 23.2. The Morgan fingerprint density at radius 3 is 1.16 bits per heavy atom. The largest absolute Gasteiger partial charge is 0.493 e. The highest BCUT2D eigenvalue weighted by atomic mass is 16.5. The van der Waals surface area contributed by atoms with E-state index in [1.807, 2.05) is 24.3 Å². The zero-order chi connectivity index (χ0) is 48.1. The third-order valence-electron chi connectivity index (χ3n) is 14.0. The first kappa shape index (κ1) is 50.6. The van der Waals surface area contributed by atoms with Gasteiger partial charge < -0.3 is 56.3 Å². The van der Waals surface area contributed by atoms with Crippen LogP contribution in [0.2, 0.25) is 0 Å². The number of carbonyl (C=O) groups is 2. The lowest BCUT2D eigenvalue weighted by Crippen LogP contribution is -2.53. The van der Waals surface area contributed by atoms with E-state index in [0.29, 0.717) is 107 Å². The van der Waals surface area contributed by atoms with Crippen molar-refractivity contribution in [2.24, 2.45) is 0 Å². The lowest BCUT2D eigenvalue weighted by Gasteiger charge is -2.46. The van der Waals surface area contributed by atoms with Crippen molar-refractivity contribution in [2.75, 3.05) is 110 Å². The predicted octanol–water partition coefficient (Wildman–Crippen LogP) is 8.07. The summed E-state index contributed by atoms with van der Waals surface area (Å²) in [6.07, 6.45) is 5.85. The van der Waals surface area contributed by atoms with Crippen molar-refractivity contribution in [1.29, 1.82) is 0 Å². The molecule has 14 nitrogen and oxygen atoms in total. The minimum absolute atomic E-state index is 0.0393. The zero-order valence-electron chi connectivity index (χ0n) is 41.3. The zero-order valence-corrected chi connectivity index (χ0v) is 41.3. The van der Waals surface area contributed by atoms with Crippen LogP contribution in [0, 0.1) is 0 Å². The monoisotopic (exact) mass is 929 g/mol. The van der Waals surface area contributed by atoms with E-state index in [1.54, 1.807) is 56.9 Å². The molecule has 4 aromatic rings. The number of benzene rings is 4. The summed E-state index contributed by atoms with van der Waals surface area (Å²) < 4.78 is 57.8. The van der Waals surface area contributed by atoms with Crippen LogP contribution in [0.25, 0.3) is 0 Å². The molecular weight excluding hydrogens is 857 g/mol. The molecule has 0 saturated carbocycles. The molecule has 0 bridgehead atoms. The smallest absolute Gasteiger partial charge is 0.311 e. The molecule has 0 aliphatic carbocycles. The molecule has 4 atom stereocenters. The van der Waals surface area contributed by atoms with Crippen LogP contribution in [0.4, 0.5) is 0 Å². The van der Waals surface area contributed by atoms with Crippen molar-refractivity contribution >= 4 is 11.9 Å². The molecule has 0 saturated heterocycles. The fraction of sp³-hybridized carbons (Fsp3) is 0.509. The number of likely N-dealkylation sites (N-methyl/N-ethyl adjacent to an activating group) is 2. The van der Waals surface area contributed by atoms with Crippen LogP contribution in [-0.2, 0) is 44.7 Å². The van der Waals surface area contributed by atoms with Crippen LogP contribution in [0.1, 0.15) is 77.6 Å². The topological polar surface area (TPSA) is 126 Å². The Labute approximate surface area is 397 Å². The number of carbonyl (C=O) groups excluding carboxylic acids is 2. The van der Waals surface area contributed by atoms with E-state index in [2.05, 4.69) is 50.5 Å². The fourth-order valence-electron chi connectivity index (χ4n) is 9.91. The molecule has 14 heteroatoms. The number of rotatable bonds is 24. The molecule has 4 aromatic carbocycles. The van der Waals surface area contributed by atoms with Crippen molar-refractivity contribution in [3.63, 3.8) is 0 Å². The van der Waals surface area contributed by atoms with Crippen LogP contribution in [0.5, 0.6) is 46.0 Å². The Hall–Kier alpha value is -5.86. The van der Waals surface area contributed by atoms with E-state index in [9.17, 15) is 9.59 Å². The number of esters is 2. The maximum Gasteiger partial charge on any atom is 0.311 e. The van der Waals surface area contributed by atoms with E-state index in [4.69, 9.17) is 47.4 Å². The second-order valence-electron chi connectivity index (χ2n) is 18.0. The van der Waals surface area contributed by atoms with Gasteiger partial charge in [-0.2, -0.15) is 0 Å². The number of methoxy groups -OCH3 is 8. The van der Waals surface area contributed by atoms with Gasteiger partial charge in [0.15, 0.2) is 46.0 Å². The number of hydrogen-bond acceptors (Lipinski definition) is 12. The number of fused-ring (bicyclic) bond motifs is 2. The summed E-state index contributed by atoms with van der Waals surface area (Å²) in [5.41, 5.74) is 7.00. The van der Waals surface area contributed by atoms with Gasteiger partial charge in [-0.25, -0.2) is 0 Å². The van der Waals surface area contributed by atoms with Crippen LogP contribution < -0.4 is 37.9 Å². The number of nitrogens with zero attached hydrogens (tertiary/aromatic N) is 2. The van der Waals surface area contributed by atoms with Gasteiger partial charge in [-0.05, 0) is 90.0 Å². The van der Waals surface area contributed by atoms with Crippen molar-refractivity contribution < 1.29 is 65.9 Å². The molecule has 364 valence electrons. The highest BCUT2D eigenvalue weighted by Crippen LogP contribution is 2.45. The standard InChI is InChI=1S/C53H72N2O12/c1-54(22-18-38-32-48(62-7)50(64-9)34-40(38)42(54)28-36-14-16-44(58-3)46(30-36)60-5)24-20-52(56)66-26-12-11-13-27-67-53(57)21-25-55(2)23-19-39-33-49(63-8)51(65-10)35-41(39)43(55)29-37-15-17-45(59-4)47(31-37)61-6/h14-17,30-35,42-43H,11-13,18-29H2,1-10H3/q+2/t42-,43-,54+,55+/m1/s1. The molecule has 0 radical (unpaired) electrons. The lowest BCUT2D eigenvalue weighted by atomic mass is 9.86. The third-order valence-corrected chi connectivity index (χ3v) is 14.0. The fourth-order valence-corrected chi connectivity index (χ4v) is 9.91. The minimum atomic E-state index is -0.215. The van der Waals surface area contributed by atoms with E-state index >= 15 is 0 Å². The molecule has 6 rings (SSSR count). The number of quaternary nitrogens is 2. The summed E-state index contributed by atoms with van der Waals surface area (Å²) in [6.45, 7) is 3.57. The molecular formula is C53H72N2O12+2. The molecule has 2 aliphatic rings. The molecule has 0 N–H and O–H groups in total. The van der Waals surface area contributed by atoms with Crippen molar-refractivity contribution in [3.8, 4) is 46.0 Å². The molecule has 0 aromatic heterocycles. The van der Waals surface area contributed by atoms with Crippen molar-refractivity contribution in [3.05, 3.63) is 94.0 Å². The Balaban J connectivity index is 0.987. The van der Waals surface area contributed by atoms with Gasteiger partial charge in [-0.3, -0.25) is 9.59 Å². The van der Waals surface area contributed by atoms with Gasteiger partial charge in [-0.1, -0.05) is 12.1 Å². The highest BCUT2D eigenvalue weighted by Gasteiger charge is 2.42. The maximum absolute atomic E-state index is 13.2. The first-order chi connectivity index (χ1) is 32.4. The molecule has 67 heavy (non-hydrogen) atoms. The van der Waals surface area contributed by atoms with Crippen LogP contribution in [0.15, 0.2) is 60.7 Å². The van der Waals surface area contributed by atoms with E-state index < -0.39 is 0 Å². The van der Waals surface area contributed by atoms with Gasteiger partial charge in [0.25, 0.3) is 0 Å². The Morgan fingerprint density at radius 1 is 0.463 bits per heavy atom. The molecule has 0 amide bonds. The Bertz CT molecular complexity index is 2160. The average Bonchev–Trinajstić information content (AvgIpc) is 3.35. The first-order valence-corrected chi connectivity index (χ1v) is 23.3. The summed E-state index contributed by atoms with van der Waals surface area (Å²) in [5, 5.41) is 0. The summed E-state index contributed by atoms with van der Waals surface area (Å²) in [7, 11) is 17.6. The minimum Gasteiger partial charge on any atom is -0.493 e. The molecule has 2 aliphatic heterocycles. The third kappa shape index (κ3) is 12.0. The second-order valence-corrected chi connectivity index (χ2v) is 18.0. The van der Waals surface area contributed by atoms with Crippen LogP contribution >= 0.6 is 0 Å². The van der Waals surface area contributed by atoms with E-state index in [0.717, 1.165) is 56.3 Å². The van der Waals surface area contributed by atoms with Gasteiger partial charge >= 0.3 is 11.9 Å². The summed E-state index contributed by atoms with van der Waals surface area (Å²) in [5.74, 6) is 5.06.